The van der Waals surface area contributed by atoms with Crippen molar-refractivity contribution in [2.45, 2.75) is 57.7 Å². The van der Waals surface area contributed by atoms with E-state index in [9.17, 15) is 0 Å². The number of nitrogens with zero attached hydrogens (tertiary/aromatic N) is 6. The van der Waals surface area contributed by atoms with E-state index in [1.54, 1.807) is 0 Å². The van der Waals surface area contributed by atoms with Gasteiger partial charge in [-0.15, -0.1) is 0 Å². The van der Waals surface area contributed by atoms with E-state index in [-0.39, 0.29) is 6.04 Å². The predicted octanol–water partition coefficient (Wildman–Crippen LogP) is 1.91. The molecule has 130 valence electrons. The maximum Gasteiger partial charge on any atom is 0.243 e. The minimum atomic E-state index is 0.163. The van der Waals surface area contributed by atoms with Crippen molar-refractivity contribution >= 4 is 0 Å². The van der Waals surface area contributed by atoms with Crippen LogP contribution in [0.3, 0.4) is 0 Å². The Bertz CT molecular complexity index is 694. The fourth-order valence-corrected chi connectivity index (χ4v) is 3.32. The molecule has 8 nitrogen and oxygen atoms in total. The van der Waals surface area contributed by atoms with Crippen LogP contribution < -0.4 is 0 Å². The fraction of sp³-hybridized carbons (Fsp3) is 0.750. The van der Waals surface area contributed by atoms with Crippen LogP contribution in [-0.2, 0) is 6.54 Å². The first kappa shape index (κ1) is 15.7. The van der Waals surface area contributed by atoms with Gasteiger partial charge in [0.05, 0.1) is 12.6 Å². The third-order valence-corrected chi connectivity index (χ3v) is 5.08. The minimum absolute atomic E-state index is 0.163. The molecule has 4 rings (SSSR count). The average Bonchev–Trinajstić information content (AvgIpc) is 3.00. The van der Waals surface area contributed by atoms with Crippen LogP contribution in [0.1, 0.15) is 61.6 Å². The Morgan fingerprint density at radius 2 is 2.04 bits per heavy atom. The zero-order valence-electron chi connectivity index (χ0n) is 14.5. The smallest absolute Gasteiger partial charge is 0.243 e. The summed E-state index contributed by atoms with van der Waals surface area (Å²) in [4.78, 5) is 13.6. The highest BCUT2D eigenvalue weighted by Gasteiger charge is 2.34. The number of aryl methyl sites for hydroxylation is 1. The minimum Gasteiger partial charge on any atom is -0.340 e. The molecule has 1 aliphatic heterocycles. The lowest BCUT2D eigenvalue weighted by molar-refractivity contribution is 0.177. The van der Waals surface area contributed by atoms with Crippen LogP contribution in [0.25, 0.3) is 0 Å². The number of likely N-dealkylation sites (N-methyl/N-ethyl adjacent to an activating group) is 1. The molecule has 2 aliphatic rings. The first-order chi connectivity index (χ1) is 11.6. The molecular formula is C16H24N6O2. The first-order valence-electron chi connectivity index (χ1n) is 8.67. The zero-order valence-corrected chi connectivity index (χ0v) is 14.5. The third-order valence-electron chi connectivity index (χ3n) is 5.08. The van der Waals surface area contributed by atoms with Gasteiger partial charge >= 0.3 is 0 Å². The van der Waals surface area contributed by atoms with Gasteiger partial charge in [-0.2, -0.15) is 9.97 Å². The molecule has 0 bridgehead atoms. The van der Waals surface area contributed by atoms with Crippen molar-refractivity contribution < 1.29 is 9.05 Å². The maximum atomic E-state index is 5.49. The maximum absolute atomic E-state index is 5.49. The van der Waals surface area contributed by atoms with Gasteiger partial charge in [0.1, 0.15) is 0 Å². The van der Waals surface area contributed by atoms with E-state index < -0.39 is 0 Å². The molecule has 0 radical (unpaired) electrons. The van der Waals surface area contributed by atoms with E-state index in [1.807, 2.05) is 6.92 Å². The summed E-state index contributed by atoms with van der Waals surface area (Å²) >= 11 is 0. The van der Waals surface area contributed by atoms with Crippen molar-refractivity contribution in [2.75, 3.05) is 20.1 Å². The van der Waals surface area contributed by atoms with Gasteiger partial charge in [0.2, 0.25) is 11.8 Å². The van der Waals surface area contributed by atoms with Crippen molar-refractivity contribution in [3.05, 3.63) is 23.4 Å². The van der Waals surface area contributed by atoms with Gasteiger partial charge < -0.3 is 9.05 Å². The molecular weight excluding hydrogens is 308 g/mol. The van der Waals surface area contributed by atoms with Crippen LogP contribution in [0.4, 0.5) is 0 Å². The summed E-state index contributed by atoms with van der Waals surface area (Å²) in [5, 5.41) is 8.11. The van der Waals surface area contributed by atoms with E-state index in [0.717, 1.165) is 37.0 Å². The Kier molecular flexibility index (Phi) is 4.09. The van der Waals surface area contributed by atoms with Crippen LogP contribution in [0.15, 0.2) is 9.05 Å². The first-order valence-corrected chi connectivity index (χ1v) is 8.67. The van der Waals surface area contributed by atoms with Crippen molar-refractivity contribution in [1.29, 1.82) is 0 Å². The number of hydrogen-bond donors (Lipinski definition) is 0. The van der Waals surface area contributed by atoms with Crippen LogP contribution in [0.5, 0.6) is 0 Å². The molecule has 2 atom stereocenters. The van der Waals surface area contributed by atoms with Gasteiger partial charge in [0.15, 0.2) is 11.6 Å². The Morgan fingerprint density at radius 1 is 1.21 bits per heavy atom. The highest BCUT2D eigenvalue weighted by atomic mass is 16.5. The Morgan fingerprint density at radius 3 is 2.75 bits per heavy atom. The molecule has 1 saturated heterocycles. The monoisotopic (exact) mass is 332 g/mol. The second kappa shape index (κ2) is 6.25. The summed E-state index contributed by atoms with van der Waals surface area (Å²) in [6.07, 6.45) is 3.50. The zero-order chi connectivity index (χ0) is 16.7. The topological polar surface area (TPSA) is 84.3 Å². The number of rotatable bonds is 6. The second-order valence-electron chi connectivity index (χ2n) is 7.02. The molecule has 1 aliphatic carbocycles. The molecule has 1 saturated carbocycles. The van der Waals surface area contributed by atoms with Crippen LogP contribution in [-0.4, -0.2) is 56.3 Å². The SMILES string of the molecule is Cc1nc(CN(C)[C@@H]2CCN([C@@H](C)c3nc(C4CC4)no3)C2)no1. The van der Waals surface area contributed by atoms with Gasteiger partial charge in [0, 0.05) is 32.0 Å². The summed E-state index contributed by atoms with van der Waals surface area (Å²) in [5.74, 6) is 3.52. The third kappa shape index (κ3) is 3.21. The van der Waals surface area contributed by atoms with E-state index >= 15 is 0 Å². The van der Waals surface area contributed by atoms with Gasteiger partial charge in [0.25, 0.3) is 0 Å². The molecule has 0 spiro atoms. The van der Waals surface area contributed by atoms with Gasteiger partial charge in [-0.05, 0) is 33.2 Å². The molecule has 0 unspecified atom stereocenters. The highest BCUT2D eigenvalue weighted by molar-refractivity contribution is 5.05. The molecule has 24 heavy (non-hydrogen) atoms. The van der Waals surface area contributed by atoms with Gasteiger partial charge in [-0.25, -0.2) is 0 Å². The Labute approximate surface area is 141 Å². The molecule has 2 aromatic rings. The van der Waals surface area contributed by atoms with Crippen LogP contribution >= 0.6 is 0 Å². The normalized spacial score (nSPS) is 23.2. The Balaban J connectivity index is 1.34. The van der Waals surface area contributed by atoms with E-state index in [0.29, 0.717) is 24.4 Å². The van der Waals surface area contributed by atoms with Gasteiger partial charge in [-0.3, -0.25) is 9.80 Å². The molecule has 0 amide bonds. The predicted molar refractivity (Wildman–Crippen MR) is 85.2 cm³/mol. The number of hydrogen-bond acceptors (Lipinski definition) is 8. The van der Waals surface area contributed by atoms with Crippen molar-refractivity contribution in [2.24, 2.45) is 0 Å². The summed E-state index contributed by atoms with van der Waals surface area (Å²) < 4.78 is 10.5. The molecule has 8 heteroatoms. The summed E-state index contributed by atoms with van der Waals surface area (Å²) in [5.41, 5.74) is 0. The van der Waals surface area contributed by atoms with E-state index in [4.69, 9.17) is 9.05 Å². The van der Waals surface area contributed by atoms with Crippen molar-refractivity contribution in [3.63, 3.8) is 0 Å². The van der Waals surface area contributed by atoms with Crippen LogP contribution in [0.2, 0.25) is 0 Å². The number of aromatic nitrogens is 4. The molecule has 3 heterocycles. The lowest BCUT2D eigenvalue weighted by Gasteiger charge is -2.25. The van der Waals surface area contributed by atoms with Crippen molar-refractivity contribution in [3.8, 4) is 0 Å². The van der Waals surface area contributed by atoms with E-state index in [1.165, 1.54) is 12.8 Å². The highest BCUT2D eigenvalue weighted by Crippen LogP contribution is 2.38. The average molecular weight is 332 g/mol. The van der Waals surface area contributed by atoms with E-state index in [2.05, 4.69) is 44.1 Å². The molecule has 0 N–H and O–H groups in total. The molecule has 0 aromatic carbocycles. The summed E-state index contributed by atoms with van der Waals surface area (Å²) in [6, 6.07) is 0.632. The summed E-state index contributed by atoms with van der Waals surface area (Å²) in [6.45, 7) is 6.68. The second-order valence-corrected chi connectivity index (χ2v) is 7.02. The van der Waals surface area contributed by atoms with Crippen molar-refractivity contribution in [1.82, 2.24) is 30.1 Å². The standard InChI is InChI=1S/C16H24N6O2/c1-10(16-18-15(20-24-16)12-4-5-12)22-7-6-13(8-22)21(3)9-14-17-11(2)23-19-14/h10,12-13H,4-9H2,1-3H3/t10-,13+/m0/s1. The quantitative estimate of drug-likeness (QED) is 0.793. The lowest BCUT2D eigenvalue weighted by Crippen LogP contribution is -2.35. The molecule has 2 fully saturated rings. The van der Waals surface area contributed by atoms with Gasteiger partial charge in [-0.1, -0.05) is 10.3 Å². The summed E-state index contributed by atoms with van der Waals surface area (Å²) in [7, 11) is 2.11. The fourth-order valence-electron chi connectivity index (χ4n) is 3.32. The van der Waals surface area contributed by atoms with Crippen LogP contribution in [0, 0.1) is 6.92 Å². The Hall–Kier alpha value is -1.80. The number of likely N-dealkylation sites (tertiary alicyclic amines) is 1. The molecule has 2 aromatic heterocycles. The lowest BCUT2D eigenvalue weighted by atomic mass is 10.2. The largest absolute Gasteiger partial charge is 0.340 e.